The number of hydrogen-bond donors (Lipinski definition) is 30. The Morgan fingerprint density at radius 2 is 0.850 bits per heavy atom. The van der Waals surface area contributed by atoms with E-state index in [-0.39, 0.29) is 80.6 Å². The highest BCUT2D eigenvalue weighted by molar-refractivity contribution is 7.80. The molecule has 15 atom stereocenters. The maximum atomic E-state index is 14.4. The van der Waals surface area contributed by atoms with E-state index in [0.29, 0.717) is 22.9 Å². The van der Waals surface area contributed by atoms with E-state index in [0.717, 1.165) is 13.8 Å². The third-order valence-electron chi connectivity index (χ3n) is 19.4. The first-order valence-corrected chi connectivity index (χ1v) is 41.8. The molecule has 0 bridgehead atoms. The number of carboxylic acids is 3. The highest BCUT2D eigenvalue weighted by atomic mass is 32.1. The lowest BCUT2D eigenvalue weighted by Crippen LogP contribution is -2.61. The van der Waals surface area contributed by atoms with E-state index in [4.69, 9.17) is 33.8 Å². The Morgan fingerprint density at radius 3 is 1.37 bits per heavy atom. The number of nitrogens with two attached hydrogens (primary N) is 4. The van der Waals surface area contributed by atoms with Crippen LogP contribution in [0.2, 0.25) is 0 Å². The lowest BCUT2D eigenvalue weighted by atomic mass is 9.96. The predicted octanol–water partition coefficient (Wildman–Crippen LogP) is -7.01. The summed E-state index contributed by atoms with van der Waals surface area (Å²) in [5.41, 5.74) is 23.7. The maximum Gasteiger partial charge on any atom is 0.305 e. The molecule has 0 aliphatic rings. The number of aromatic amines is 1. The molecule has 0 spiro atoms. The number of carbonyl (C=O) groups is 19. The molecule has 2 aromatic carbocycles. The summed E-state index contributed by atoms with van der Waals surface area (Å²) in [4.78, 5) is 259. The Labute approximate surface area is 741 Å². The Morgan fingerprint density at radius 1 is 0.433 bits per heavy atom. The molecule has 0 radical (unpaired) electrons. The molecule has 1 heterocycles. The van der Waals surface area contributed by atoms with Crippen molar-refractivity contribution in [2.75, 3.05) is 37.7 Å². The molecule has 702 valence electrons. The van der Waals surface area contributed by atoms with E-state index in [1.807, 2.05) is 0 Å². The van der Waals surface area contributed by atoms with E-state index in [1.54, 1.807) is 65.1 Å². The molecular weight excluding hydrogens is 1710 g/mol. The first kappa shape index (κ1) is 108. The number of carboxylic acid groups (broad SMARTS) is 3. The van der Waals surface area contributed by atoms with Crippen LogP contribution in [0.3, 0.4) is 0 Å². The number of nitrogens with one attached hydrogen (secondary N) is 20. The number of amides is 16. The van der Waals surface area contributed by atoms with Crippen molar-refractivity contribution in [3.05, 3.63) is 65.9 Å². The minimum atomic E-state index is -2.17. The van der Waals surface area contributed by atoms with Crippen molar-refractivity contribution >= 4 is 161 Å². The highest BCUT2D eigenvalue weighted by Crippen LogP contribution is 2.21. The van der Waals surface area contributed by atoms with E-state index in [9.17, 15) is 112 Å². The number of thiol groups is 2. The fourth-order valence-corrected chi connectivity index (χ4v) is 12.7. The quantitative estimate of drug-likeness (QED) is 0.0108. The largest absolute Gasteiger partial charge is 0.508 e. The lowest BCUT2D eigenvalue weighted by Gasteiger charge is -2.30. The van der Waals surface area contributed by atoms with Gasteiger partial charge in [0.1, 0.15) is 84.3 Å². The number of guanidine groups is 2. The monoisotopic (exact) mass is 1820 g/mol. The van der Waals surface area contributed by atoms with Gasteiger partial charge in [-0.3, -0.25) is 102 Å². The number of hydrogen-bond acceptors (Lipinski definition) is 25. The summed E-state index contributed by atoms with van der Waals surface area (Å²) in [6.45, 7) is 10.7. The zero-order chi connectivity index (χ0) is 95.6. The topological polar surface area (TPSA) is 777 Å². The fourth-order valence-electron chi connectivity index (χ4n) is 12.2. The van der Waals surface area contributed by atoms with Gasteiger partial charge in [-0.15, -0.1) is 0 Å². The summed E-state index contributed by atoms with van der Waals surface area (Å²) >= 11 is 8.38. The van der Waals surface area contributed by atoms with Crippen molar-refractivity contribution in [2.45, 2.75) is 217 Å². The van der Waals surface area contributed by atoms with Gasteiger partial charge >= 0.3 is 17.9 Å². The van der Waals surface area contributed by atoms with Crippen molar-refractivity contribution in [2.24, 2.45) is 40.7 Å². The second-order valence-corrected chi connectivity index (χ2v) is 31.4. The Kier molecular flexibility index (Phi) is 46.5. The van der Waals surface area contributed by atoms with E-state index < -0.39 is 266 Å². The summed E-state index contributed by atoms with van der Waals surface area (Å²) in [6, 6.07) is -9.95. The van der Waals surface area contributed by atoms with E-state index in [2.05, 4.69) is 121 Å². The Bertz CT molecular complexity index is 4390. The van der Waals surface area contributed by atoms with Crippen LogP contribution >= 0.6 is 25.3 Å². The van der Waals surface area contributed by atoms with Crippen LogP contribution in [0.5, 0.6) is 5.75 Å². The first-order valence-electron chi connectivity index (χ1n) is 40.6. The van der Waals surface area contributed by atoms with Crippen LogP contribution in [0.25, 0.3) is 10.9 Å². The molecule has 0 unspecified atom stereocenters. The average molecular weight is 1830 g/mol. The third kappa shape index (κ3) is 39.3. The molecule has 1 aromatic heterocycles. The van der Waals surface area contributed by atoms with Gasteiger partial charge in [-0.1, -0.05) is 78.3 Å². The minimum Gasteiger partial charge on any atom is -0.508 e. The average Bonchev–Trinajstić information content (AvgIpc) is 1.68. The van der Waals surface area contributed by atoms with Crippen LogP contribution in [0.1, 0.15) is 131 Å². The number of rotatable bonds is 57. The number of primary amides is 1. The van der Waals surface area contributed by atoms with Gasteiger partial charge in [-0.05, 0) is 99.5 Å². The predicted molar refractivity (Wildman–Crippen MR) is 465 cm³/mol. The summed E-state index contributed by atoms with van der Waals surface area (Å²) in [5, 5.41) is 95.9. The summed E-state index contributed by atoms with van der Waals surface area (Å²) in [7, 11) is 0. The number of benzene rings is 2. The fraction of sp³-hybridized carbons (Fsp3) is 0.551. The maximum absolute atomic E-state index is 14.4. The number of aromatic hydroxyl groups is 1. The standard InChI is InChI=1S/C78H120N24O23S2/c1-9-38(6)62(102-69(118)48(22-23-58(106)107)94-75(124)61(37(4)5)101-72(121)51(28-42-31-87-46-16-11-10-14-44(42)46)93-57(105)32-88-66(115)45(79)15-12-24-85-77(81)82)76(125)100-54(34-126)73(122)91-39(7)64(113)90-40(8)65(114)96-52(29-59(108)109)70(119)98-53(30-60(110)111)71(120)97-50(27-41-18-20-43(103)21-19-41)67(116)89-33-56(104)92-47(17-13-25-86-78(83)84)68(117)99-55(35-127)74(123)95-49(63(80)112)26-36(2)3/h10-11,14,16,18-21,31,36-40,45,47-55,61-62,87,103,126-127H,9,12-13,15,17,22-30,32-35,79H2,1-8H3,(H2,80,112)(H,88,115)(H,89,116)(H,90,113)(H,91,122)(H,92,104)(H,93,105)(H,94,124)(H,95,123)(H,96,114)(H,97,120)(H,98,119)(H,99,117)(H,100,125)(H,101,121)(H,102,118)(H,106,107)(H,108,109)(H,110,111)(H4,81,82,85)(H4,83,84,86)/t38-,39-,40-,45-,47-,48-,49-,50-,51-,52-,53-,54-,55-,61-,62-/m0/s1. The smallest absolute Gasteiger partial charge is 0.305 e. The Balaban J connectivity index is 1.79. The minimum absolute atomic E-state index is 0.0266. The number of carbonyl (C=O) groups excluding carboxylic acids is 16. The molecule has 0 saturated heterocycles. The van der Waals surface area contributed by atoms with Crippen molar-refractivity contribution < 1.29 is 112 Å². The van der Waals surface area contributed by atoms with Gasteiger partial charge in [0.05, 0.1) is 32.0 Å². The van der Waals surface area contributed by atoms with Crippen LogP contribution in [0.15, 0.2) is 54.7 Å². The second kappa shape index (κ2) is 54.6. The van der Waals surface area contributed by atoms with Crippen LogP contribution < -0.4 is 113 Å². The molecule has 47 nitrogen and oxygen atoms in total. The summed E-state index contributed by atoms with van der Waals surface area (Å²) in [6.07, 6.45) is -2.00. The molecular formula is C78H120N24O23S2. The van der Waals surface area contributed by atoms with Crippen LogP contribution in [-0.4, -0.2) is 272 Å². The molecule has 3 aromatic rings. The number of phenolic OH excluding ortho intramolecular Hbond substituents is 1. The van der Waals surface area contributed by atoms with E-state index in [1.165, 1.54) is 31.2 Å². The highest BCUT2D eigenvalue weighted by Gasteiger charge is 2.39. The van der Waals surface area contributed by atoms with Gasteiger partial charge in [-0.25, -0.2) is 0 Å². The molecule has 3 rings (SSSR count). The molecule has 0 fully saturated rings. The number of H-pyrrole nitrogens is 1. The van der Waals surface area contributed by atoms with Crippen molar-refractivity contribution in [1.29, 1.82) is 10.8 Å². The SMILES string of the molecule is CC[C@H](C)[C@H](NC(=O)[C@H](CCC(=O)O)NC(=O)[C@@H](NC(=O)[C@H](Cc1c[nH]c2ccccc12)NC(=O)CNC(=O)[C@@H](N)CCCNC(=N)N)C(C)C)C(=O)N[C@@H](CS)C(=O)N[C@@H](C)C(=O)N[C@@H](C)C(=O)N[C@@H](CC(=O)O)C(=O)N[C@@H](CC(=O)O)C(=O)N[C@@H](Cc1ccc(O)cc1)C(=O)NCC(=O)N[C@@H](CCCNC(=N)N)C(=O)N[C@@H](CS)C(=O)N[C@@H](CC(C)C)C(N)=O. The van der Waals surface area contributed by atoms with Gasteiger partial charge in [-0.2, -0.15) is 25.3 Å². The zero-order valence-corrected chi connectivity index (χ0v) is 73.3. The van der Waals surface area contributed by atoms with Crippen LogP contribution in [0, 0.1) is 28.6 Å². The number of phenols is 1. The normalized spacial score (nSPS) is 14.6. The number of para-hydroxylation sites is 1. The van der Waals surface area contributed by atoms with Gasteiger partial charge in [0.2, 0.25) is 94.5 Å². The van der Waals surface area contributed by atoms with Crippen molar-refractivity contribution in [3.8, 4) is 5.75 Å². The van der Waals surface area contributed by atoms with Crippen molar-refractivity contribution in [3.63, 3.8) is 0 Å². The van der Waals surface area contributed by atoms with E-state index >= 15 is 0 Å². The lowest BCUT2D eigenvalue weighted by molar-refractivity contribution is -0.143. The van der Waals surface area contributed by atoms with Crippen LogP contribution in [0.4, 0.5) is 0 Å². The molecule has 0 saturated carbocycles. The van der Waals surface area contributed by atoms with Gasteiger partial charge < -0.3 is 139 Å². The Hall–Kier alpha value is -13.1. The summed E-state index contributed by atoms with van der Waals surface area (Å²) in [5.74, 6) is -24.8. The molecule has 32 N–H and O–H groups in total. The summed E-state index contributed by atoms with van der Waals surface area (Å²) < 4.78 is 0. The molecule has 49 heteroatoms. The van der Waals surface area contributed by atoms with Crippen LogP contribution in [-0.2, 0) is 104 Å². The van der Waals surface area contributed by atoms with Gasteiger partial charge in [0.15, 0.2) is 11.9 Å². The number of fused-ring (bicyclic) bond motifs is 1. The third-order valence-corrected chi connectivity index (χ3v) is 20.2. The van der Waals surface area contributed by atoms with Gasteiger partial charge in [0, 0.05) is 61.0 Å². The molecule has 16 amide bonds. The first-order chi connectivity index (χ1) is 59.7. The zero-order valence-electron chi connectivity index (χ0n) is 71.5. The number of aromatic nitrogens is 1. The molecule has 0 aliphatic heterocycles. The second-order valence-electron chi connectivity index (χ2n) is 30.7. The number of aliphatic carboxylic acids is 3. The molecule has 127 heavy (non-hydrogen) atoms. The molecule has 0 aliphatic carbocycles. The van der Waals surface area contributed by atoms with Gasteiger partial charge in [0.25, 0.3) is 0 Å². The van der Waals surface area contributed by atoms with Crippen molar-refractivity contribution in [1.82, 2.24) is 95.4 Å².